The second kappa shape index (κ2) is 3.22. The third kappa shape index (κ3) is 1.99. The summed E-state index contributed by atoms with van der Waals surface area (Å²) in [5, 5.41) is 1.24. The lowest BCUT2D eigenvalue weighted by Crippen LogP contribution is -1.72. The number of thioether (sulfide) groups is 1. The molecule has 3 heteroatoms. The van der Waals surface area contributed by atoms with Gasteiger partial charge >= 0.3 is 0 Å². The lowest BCUT2D eigenvalue weighted by molar-refractivity contribution is 1.26. The molecule has 0 atom stereocenters. The molecule has 1 aromatic rings. The maximum atomic E-state index is 4.20. The average Bonchev–Trinajstić information content (AvgIpc) is 2.17. The molecule has 50 valence electrons. The van der Waals surface area contributed by atoms with E-state index in [9.17, 15) is 0 Å². The van der Waals surface area contributed by atoms with E-state index in [1.807, 2.05) is 18.0 Å². The second-order valence-electron chi connectivity index (χ2n) is 1.80. The van der Waals surface area contributed by atoms with Gasteiger partial charge in [-0.15, -0.1) is 11.3 Å². The molecule has 0 spiro atoms. The van der Waals surface area contributed by atoms with Crippen LogP contribution in [0.2, 0.25) is 0 Å². The van der Waals surface area contributed by atoms with E-state index in [1.165, 1.54) is 9.88 Å². The Hall–Kier alpha value is -0.0200. The van der Waals surface area contributed by atoms with Crippen LogP contribution in [0.15, 0.2) is 6.20 Å². The molecule has 1 aromatic heterocycles. The zero-order valence-corrected chi connectivity index (χ0v) is 7.18. The van der Waals surface area contributed by atoms with Crippen LogP contribution in [0.5, 0.6) is 0 Å². The topological polar surface area (TPSA) is 12.9 Å². The fraction of sp³-hybridized carbons (Fsp3) is 0.500. The van der Waals surface area contributed by atoms with Crippen LogP contribution in [-0.2, 0) is 5.75 Å². The molecular formula is C6H9NS2. The van der Waals surface area contributed by atoms with E-state index < -0.39 is 0 Å². The first-order chi connectivity index (χ1) is 4.33. The summed E-state index contributed by atoms with van der Waals surface area (Å²) in [5.74, 6) is 1.05. The summed E-state index contributed by atoms with van der Waals surface area (Å²) in [6.45, 7) is 2.08. The largest absolute Gasteiger partial charge is 0.249 e. The first-order valence-corrected chi connectivity index (χ1v) is 4.94. The van der Waals surface area contributed by atoms with Crippen LogP contribution in [0.3, 0.4) is 0 Å². The molecule has 0 aliphatic heterocycles. The lowest BCUT2D eigenvalue weighted by Gasteiger charge is -1.85. The summed E-state index contributed by atoms with van der Waals surface area (Å²) in [6.07, 6.45) is 4.02. The van der Waals surface area contributed by atoms with E-state index in [0.717, 1.165) is 5.75 Å². The van der Waals surface area contributed by atoms with Gasteiger partial charge in [0.1, 0.15) is 5.01 Å². The van der Waals surface area contributed by atoms with E-state index in [2.05, 4.69) is 18.2 Å². The maximum absolute atomic E-state index is 4.20. The van der Waals surface area contributed by atoms with Gasteiger partial charge in [-0.1, -0.05) is 0 Å². The summed E-state index contributed by atoms with van der Waals surface area (Å²) >= 11 is 3.60. The summed E-state index contributed by atoms with van der Waals surface area (Å²) in [4.78, 5) is 5.51. The Kier molecular flexibility index (Phi) is 2.54. The van der Waals surface area contributed by atoms with Crippen molar-refractivity contribution in [2.75, 3.05) is 6.26 Å². The van der Waals surface area contributed by atoms with Gasteiger partial charge in [0.15, 0.2) is 0 Å². The van der Waals surface area contributed by atoms with Crippen LogP contribution in [0.1, 0.15) is 9.88 Å². The average molecular weight is 159 g/mol. The number of aryl methyl sites for hydroxylation is 1. The monoisotopic (exact) mass is 159 g/mol. The van der Waals surface area contributed by atoms with Crippen molar-refractivity contribution in [3.05, 3.63) is 16.1 Å². The second-order valence-corrected chi connectivity index (χ2v) is 3.98. The SMILES string of the molecule is CSCc1ncc(C)s1. The highest BCUT2D eigenvalue weighted by Gasteiger charge is 1.94. The highest BCUT2D eigenvalue weighted by atomic mass is 32.2. The minimum Gasteiger partial charge on any atom is -0.249 e. The molecule has 0 amide bonds. The van der Waals surface area contributed by atoms with Crippen molar-refractivity contribution in [3.8, 4) is 0 Å². The molecule has 0 unspecified atom stereocenters. The van der Waals surface area contributed by atoms with E-state index in [0.29, 0.717) is 0 Å². The van der Waals surface area contributed by atoms with E-state index in [4.69, 9.17) is 0 Å². The van der Waals surface area contributed by atoms with Gasteiger partial charge in [0.05, 0.1) is 0 Å². The number of rotatable bonds is 2. The molecule has 0 bridgehead atoms. The molecule has 1 nitrogen and oxygen atoms in total. The quantitative estimate of drug-likeness (QED) is 0.657. The van der Waals surface area contributed by atoms with Crippen molar-refractivity contribution < 1.29 is 0 Å². The molecular weight excluding hydrogens is 150 g/mol. The van der Waals surface area contributed by atoms with Gasteiger partial charge in [-0.05, 0) is 13.2 Å². The zero-order valence-electron chi connectivity index (χ0n) is 5.55. The van der Waals surface area contributed by atoms with Gasteiger partial charge < -0.3 is 0 Å². The third-order valence-corrected chi connectivity index (χ3v) is 2.59. The van der Waals surface area contributed by atoms with Crippen LogP contribution in [-0.4, -0.2) is 11.2 Å². The molecule has 1 heterocycles. The molecule has 0 N–H and O–H groups in total. The number of hydrogen-bond acceptors (Lipinski definition) is 3. The van der Waals surface area contributed by atoms with Gasteiger partial charge in [-0.2, -0.15) is 11.8 Å². The Morgan fingerprint density at radius 3 is 3.00 bits per heavy atom. The molecule has 0 aliphatic rings. The maximum Gasteiger partial charge on any atom is 0.103 e. The Balaban J connectivity index is 2.61. The standard InChI is InChI=1S/C6H9NS2/c1-5-3-7-6(9-5)4-8-2/h3H,4H2,1-2H3. The van der Waals surface area contributed by atoms with Crippen molar-refractivity contribution in [2.45, 2.75) is 12.7 Å². The van der Waals surface area contributed by atoms with Gasteiger partial charge in [0.2, 0.25) is 0 Å². The Labute approximate surface area is 63.5 Å². The molecule has 0 saturated carbocycles. The smallest absolute Gasteiger partial charge is 0.103 e. The van der Waals surface area contributed by atoms with Crippen LogP contribution >= 0.6 is 23.1 Å². The van der Waals surface area contributed by atoms with Crippen LogP contribution in [0, 0.1) is 6.92 Å². The molecule has 0 radical (unpaired) electrons. The summed E-state index contributed by atoms with van der Waals surface area (Å²) in [5.41, 5.74) is 0. The van der Waals surface area contributed by atoms with Gasteiger partial charge in [-0.25, -0.2) is 4.98 Å². The van der Waals surface area contributed by atoms with Crippen molar-refractivity contribution >= 4 is 23.1 Å². The molecule has 0 aromatic carbocycles. The Bertz CT molecular complexity index is 183. The molecule has 9 heavy (non-hydrogen) atoms. The predicted octanol–water partition coefficient (Wildman–Crippen LogP) is 2.31. The molecule has 0 fully saturated rings. The highest BCUT2D eigenvalue weighted by Crippen LogP contribution is 2.15. The van der Waals surface area contributed by atoms with Crippen molar-refractivity contribution in [1.82, 2.24) is 4.98 Å². The van der Waals surface area contributed by atoms with Crippen LogP contribution < -0.4 is 0 Å². The summed E-state index contributed by atoms with van der Waals surface area (Å²) < 4.78 is 0. The Morgan fingerprint density at radius 2 is 2.56 bits per heavy atom. The van der Waals surface area contributed by atoms with Gasteiger partial charge in [0, 0.05) is 16.8 Å². The number of thiazole rings is 1. The summed E-state index contributed by atoms with van der Waals surface area (Å²) in [7, 11) is 0. The van der Waals surface area contributed by atoms with E-state index in [1.54, 1.807) is 11.3 Å². The predicted molar refractivity (Wildman–Crippen MR) is 44.1 cm³/mol. The number of hydrogen-bond donors (Lipinski definition) is 0. The first kappa shape index (κ1) is 7.09. The van der Waals surface area contributed by atoms with Crippen molar-refractivity contribution in [2.24, 2.45) is 0 Å². The van der Waals surface area contributed by atoms with Gasteiger partial charge in [0.25, 0.3) is 0 Å². The van der Waals surface area contributed by atoms with Crippen LogP contribution in [0.25, 0.3) is 0 Å². The molecule has 1 rings (SSSR count). The van der Waals surface area contributed by atoms with Crippen molar-refractivity contribution in [1.29, 1.82) is 0 Å². The van der Waals surface area contributed by atoms with Crippen molar-refractivity contribution in [3.63, 3.8) is 0 Å². The van der Waals surface area contributed by atoms with Crippen LogP contribution in [0.4, 0.5) is 0 Å². The number of aromatic nitrogens is 1. The molecule has 0 aliphatic carbocycles. The number of nitrogens with zero attached hydrogens (tertiary/aromatic N) is 1. The Morgan fingerprint density at radius 1 is 1.78 bits per heavy atom. The minimum atomic E-state index is 1.05. The summed E-state index contributed by atoms with van der Waals surface area (Å²) in [6, 6.07) is 0. The molecule has 0 saturated heterocycles. The van der Waals surface area contributed by atoms with E-state index in [-0.39, 0.29) is 0 Å². The minimum absolute atomic E-state index is 1.05. The fourth-order valence-electron chi connectivity index (χ4n) is 0.592. The zero-order chi connectivity index (χ0) is 6.69. The highest BCUT2D eigenvalue weighted by molar-refractivity contribution is 7.97. The van der Waals surface area contributed by atoms with E-state index >= 15 is 0 Å². The fourth-order valence-corrected chi connectivity index (χ4v) is 2.08. The lowest BCUT2D eigenvalue weighted by atomic mass is 10.6. The first-order valence-electron chi connectivity index (χ1n) is 2.73. The normalized spacial score (nSPS) is 10.0. The van der Waals surface area contributed by atoms with Gasteiger partial charge in [-0.3, -0.25) is 0 Å². The third-order valence-electron chi connectivity index (χ3n) is 0.937.